The van der Waals surface area contributed by atoms with Crippen LogP contribution < -0.4 is 10.2 Å². The first-order valence-electron chi connectivity index (χ1n) is 7.67. The first-order valence-corrected chi connectivity index (χ1v) is 8.46. The van der Waals surface area contributed by atoms with Gasteiger partial charge in [0.05, 0.1) is 5.69 Å². The van der Waals surface area contributed by atoms with E-state index in [4.69, 9.17) is 0 Å². The summed E-state index contributed by atoms with van der Waals surface area (Å²) in [5.74, 6) is 1.30. The quantitative estimate of drug-likeness (QED) is 0.887. The standard InChI is InChI=1S/C17H27BrN2/c1-11(2)14-10-20(16(9-19-14)12(3)4)15-8-6-7-13(5)17(15)18/h6-8,11-12,14,16,19H,9-10H2,1-5H3. The van der Waals surface area contributed by atoms with Gasteiger partial charge in [0, 0.05) is 29.6 Å². The van der Waals surface area contributed by atoms with Gasteiger partial charge in [-0.25, -0.2) is 0 Å². The number of nitrogens with zero attached hydrogens (tertiary/aromatic N) is 1. The van der Waals surface area contributed by atoms with Crippen LogP contribution in [-0.4, -0.2) is 25.2 Å². The molecule has 112 valence electrons. The predicted molar refractivity (Wildman–Crippen MR) is 91.5 cm³/mol. The topological polar surface area (TPSA) is 15.3 Å². The fourth-order valence-corrected chi connectivity index (χ4v) is 3.46. The molecular formula is C17H27BrN2. The van der Waals surface area contributed by atoms with Crippen LogP contribution in [0.5, 0.6) is 0 Å². The van der Waals surface area contributed by atoms with Crippen molar-refractivity contribution in [2.45, 2.75) is 46.7 Å². The van der Waals surface area contributed by atoms with Gasteiger partial charge in [-0.3, -0.25) is 0 Å². The average Bonchev–Trinajstić information content (AvgIpc) is 2.41. The number of piperazine rings is 1. The van der Waals surface area contributed by atoms with Crippen molar-refractivity contribution in [1.82, 2.24) is 5.32 Å². The molecule has 2 unspecified atom stereocenters. The van der Waals surface area contributed by atoms with Crippen molar-refractivity contribution in [3.63, 3.8) is 0 Å². The molecule has 0 aromatic heterocycles. The third kappa shape index (κ3) is 3.20. The lowest BCUT2D eigenvalue weighted by molar-refractivity contribution is 0.295. The zero-order chi connectivity index (χ0) is 14.9. The van der Waals surface area contributed by atoms with Crippen molar-refractivity contribution in [1.29, 1.82) is 0 Å². The monoisotopic (exact) mass is 338 g/mol. The van der Waals surface area contributed by atoms with E-state index in [2.05, 4.69) is 79.0 Å². The van der Waals surface area contributed by atoms with Crippen molar-refractivity contribution in [3.05, 3.63) is 28.2 Å². The molecule has 1 N–H and O–H groups in total. The Kier molecular flexibility index (Phi) is 5.14. The van der Waals surface area contributed by atoms with Crippen LogP contribution in [0.1, 0.15) is 33.3 Å². The second kappa shape index (κ2) is 6.48. The molecule has 1 heterocycles. The summed E-state index contributed by atoms with van der Waals surface area (Å²) >= 11 is 3.79. The molecular weight excluding hydrogens is 312 g/mol. The third-order valence-corrected chi connectivity index (χ3v) is 5.47. The van der Waals surface area contributed by atoms with Crippen LogP contribution in [0.25, 0.3) is 0 Å². The van der Waals surface area contributed by atoms with Crippen LogP contribution in [-0.2, 0) is 0 Å². The van der Waals surface area contributed by atoms with Gasteiger partial charge in [-0.05, 0) is 46.3 Å². The molecule has 1 fully saturated rings. The minimum absolute atomic E-state index is 0.558. The van der Waals surface area contributed by atoms with E-state index in [1.165, 1.54) is 15.7 Å². The highest BCUT2D eigenvalue weighted by Crippen LogP contribution is 2.33. The Hall–Kier alpha value is -0.540. The number of hydrogen-bond donors (Lipinski definition) is 1. The molecule has 0 aliphatic carbocycles. The van der Waals surface area contributed by atoms with Crippen molar-refractivity contribution >= 4 is 21.6 Å². The van der Waals surface area contributed by atoms with E-state index in [1.54, 1.807) is 0 Å². The van der Waals surface area contributed by atoms with Gasteiger partial charge >= 0.3 is 0 Å². The first-order chi connectivity index (χ1) is 9.41. The summed E-state index contributed by atoms with van der Waals surface area (Å²) < 4.78 is 1.25. The van der Waals surface area contributed by atoms with E-state index in [0.29, 0.717) is 23.9 Å². The Balaban J connectivity index is 2.34. The van der Waals surface area contributed by atoms with E-state index in [9.17, 15) is 0 Å². The summed E-state index contributed by atoms with van der Waals surface area (Å²) in [6.07, 6.45) is 0. The number of hydrogen-bond acceptors (Lipinski definition) is 2. The van der Waals surface area contributed by atoms with Gasteiger partial charge in [-0.15, -0.1) is 0 Å². The van der Waals surface area contributed by atoms with Crippen LogP contribution in [0.15, 0.2) is 22.7 Å². The maximum Gasteiger partial charge on any atom is 0.0516 e. The number of benzene rings is 1. The molecule has 0 radical (unpaired) electrons. The van der Waals surface area contributed by atoms with E-state index in [-0.39, 0.29) is 0 Å². The Morgan fingerprint density at radius 3 is 2.50 bits per heavy atom. The zero-order valence-electron chi connectivity index (χ0n) is 13.3. The van der Waals surface area contributed by atoms with E-state index >= 15 is 0 Å². The van der Waals surface area contributed by atoms with E-state index < -0.39 is 0 Å². The van der Waals surface area contributed by atoms with Crippen LogP contribution >= 0.6 is 15.9 Å². The summed E-state index contributed by atoms with van der Waals surface area (Å²) in [7, 11) is 0. The number of aryl methyl sites for hydroxylation is 1. The average molecular weight is 339 g/mol. The normalized spacial score (nSPS) is 23.7. The summed E-state index contributed by atoms with van der Waals surface area (Å²) in [6.45, 7) is 13.6. The van der Waals surface area contributed by atoms with Gasteiger partial charge in [-0.1, -0.05) is 39.8 Å². The summed E-state index contributed by atoms with van der Waals surface area (Å²) in [4.78, 5) is 2.60. The van der Waals surface area contributed by atoms with Gasteiger partial charge in [0.2, 0.25) is 0 Å². The van der Waals surface area contributed by atoms with Gasteiger partial charge in [0.25, 0.3) is 0 Å². The lowest BCUT2D eigenvalue weighted by atomic mass is 9.93. The lowest BCUT2D eigenvalue weighted by Crippen LogP contribution is -2.60. The molecule has 1 aliphatic heterocycles. The molecule has 0 spiro atoms. The lowest BCUT2D eigenvalue weighted by Gasteiger charge is -2.45. The van der Waals surface area contributed by atoms with Crippen LogP contribution in [0.3, 0.4) is 0 Å². The van der Waals surface area contributed by atoms with Crippen molar-refractivity contribution in [3.8, 4) is 0 Å². The van der Waals surface area contributed by atoms with Gasteiger partial charge in [0.15, 0.2) is 0 Å². The molecule has 1 aliphatic rings. The summed E-state index contributed by atoms with van der Waals surface area (Å²) in [5.41, 5.74) is 2.65. The molecule has 0 bridgehead atoms. The molecule has 0 amide bonds. The second-order valence-electron chi connectivity index (χ2n) is 6.63. The smallest absolute Gasteiger partial charge is 0.0516 e. The number of halogens is 1. The number of anilines is 1. The molecule has 1 aromatic carbocycles. The van der Waals surface area contributed by atoms with Gasteiger partial charge in [0.1, 0.15) is 0 Å². The van der Waals surface area contributed by atoms with Crippen molar-refractivity contribution in [2.75, 3.05) is 18.0 Å². The molecule has 3 heteroatoms. The molecule has 1 aromatic rings. The van der Waals surface area contributed by atoms with Crippen LogP contribution in [0.4, 0.5) is 5.69 Å². The fraction of sp³-hybridized carbons (Fsp3) is 0.647. The number of nitrogens with one attached hydrogen (secondary N) is 1. The highest BCUT2D eigenvalue weighted by Gasteiger charge is 2.32. The SMILES string of the molecule is Cc1cccc(N2CC(C(C)C)NCC2C(C)C)c1Br. The first kappa shape index (κ1) is 15.8. The zero-order valence-corrected chi connectivity index (χ0v) is 14.9. The Labute approximate surface area is 132 Å². The number of rotatable bonds is 3. The maximum atomic E-state index is 3.79. The minimum atomic E-state index is 0.558. The third-order valence-electron chi connectivity index (χ3n) is 4.44. The Morgan fingerprint density at radius 1 is 1.20 bits per heavy atom. The maximum absolute atomic E-state index is 3.79. The highest BCUT2D eigenvalue weighted by atomic mass is 79.9. The summed E-state index contributed by atoms with van der Waals surface area (Å²) in [6, 6.07) is 7.70. The minimum Gasteiger partial charge on any atom is -0.365 e. The Bertz CT molecular complexity index is 456. The van der Waals surface area contributed by atoms with E-state index in [0.717, 1.165) is 13.1 Å². The van der Waals surface area contributed by atoms with Gasteiger partial charge < -0.3 is 10.2 Å². The van der Waals surface area contributed by atoms with E-state index in [1.807, 2.05) is 0 Å². The van der Waals surface area contributed by atoms with Crippen LogP contribution in [0, 0.1) is 18.8 Å². The predicted octanol–water partition coefficient (Wildman–Crippen LogP) is 4.22. The molecule has 2 nitrogen and oxygen atoms in total. The molecule has 1 saturated heterocycles. The van der Waals surface area contributed by atoms with Crippen molar-refractivity contribution < 1.29 is 0 Å². The molecule has 20 heavy (non-hydrogen) atoms. The molecule has 0 saturated carbocycles. The molecule has 2 atom stereocenters. The van der Waals surface area contributed by atoms with Gasteiger partial charge in [-0.2, -0.15) is 0 Å². The fourth-order valence-electron chi connectivity index (χ4n) is 2.97. The largest absolute Gasteiger partial charge is 0.365 e. The second-order valence-corrected chi connectivity index (χ2v) is 7.42. The van der Waals surface area contributed by atoms with Crippen molar-refractivity contribution in [2.24, 2.45) is 11.8 Å². The van der Waals surface area contributed by atoms with Crippen LogP contribution in [0.2, 0.25) is 0 Å². The Morgan fingerprint density at radius 2 is 1.90 bits per heavy atom. The highest BCUT2D eigenvalue weighted by molar-refractivity contribution is 9.10. The molecule has 2 rings (SSSR count). The summed E-state index contributed by atoms with van der Waals surface area (Å²) in [5, 5.41) is 3.73.